The highest BCUT2D eigenvalue weighted by Gasteiger charge is 2.18. The van der Waals surface area contributed by atoms with E-state index in [1.165, 1.54) is 6.07 Å². The van der Waals surface area contributed by atoms with E-state index in [9.17, 15) is 4.39 Å². The molecule has 3 N–H and O–H groups in total. The number of aromatic nitrogens is 1. The minimum absolute atomic E-state index is 0.0653. The lowest BCUT2D eigenvalue weighted by Crippen LogP contribution is -2.26. The van der Waals surface area contributed by atoms with Crippen LogP contribution in [0.2, 0.25) is 15.1 Å². The van der Waals surface area contributed by atoms with E-state index < -0.39 is 5.82 Å². The van der Waals surface area contributed by atoms with Crippen molar-refractivity contribution < 1.29 is 4.39 Å². The monoisotopic (exact) mass is 438 g/mol. The molecule has 0 atom stereocenters. The number of anilines is 3. The second-order valence-corrected chi connectivity index (χ2v) is 7.21. The number of pyridine rings is 1. The molecule has 8 heteroatoms. The van der Waals surface area contributed by atoms with Gasteiger partial charge in [-0.3, -0.25) is 4.98 Å². The summed E-state index contributed by atoms with van der Waals surface area (Å²) in [6, 6.07) is 12.3. The van der Waals surface area contributed by atoms with Gasteiger partial charge in [-0.05, 0) is 29.8 Å². The number of nitrogens with zero attached hydrogens (tertiary/aromatic N) is 2. The van der Waals surface area contributed by atoms with Crippen molar-refractivity contribution in [3.05, 3.63) is 81.3 Å². The first-order chi connectivity index (χ1) is 13.5. The van der Waals surface area contributed by atoms with E-state index in [4.69, 9.17) is 40.5 Å². The normalized spacial score (nSPS) is 10.8. The maximum Gasteiger partial charge on any atom is 0.141 e. The molecule has 1 aromatic heterocycles. The van der Waals surface area contributed by atoms with E-state index in [-0.39, 0.29) is 5.02 Å². The zero-order chi connectivity index (χ0) is 20.1. The maximum atomic E-state index is 13.3. The number of hydrogen-bond donors (Lipinski definition) is 2. The van der Waals surface area contributed by atoms with E-state index >= 15 is 0 Å². The lowest BCUT2D eigenvalue weighted by atomic mass is 10.1. The van der Waals surface area contributed by atoms with Crippen LogP contribution in [0.1, 0.15) is 5.56 Å². The smallest absolute Gasteiger partial charge is 0.141 e. The molecule has 0 amide bonds. The van der Waals surface area contributed by atoms with Crippen LogP contribution in [0.5, 0.6) is 0 Å². The summed E-state index contributed by atoms with van der Waals surface area (Å²) < 4.78 is 13.3. The first-order valence-electron chi connectivity index (χ1n) is 8.54. The Morgan fingerprint density at radius 3 is 2.39 bits per heavy atom. The van der Waals surface area contributed by atoms with Gasteiger partial charge in [-0.25, -0.2) is 4.39 Å². The molecule has 0 aliphatic carbocycles. The predicted molar refractivity (Wildman–Crippen MR) is 115 cm³/mol. The molecule has 4 nitrogen and oxygen atoms in total. The van der Waals surface area contributed by atoms with Gasteiger partial charge in [0.25, 0.3) is 0 Å². The van der Waals surface area contributed by atoms with Gasteiger partial charge in [-0.2, -0.15) is 0 Å². The van der Waals surface area contributed by atoms with Crippen molar-refractivity contribution in [3.63, 3.8) is 0 Å². The van der Waals surface area contributed by atoms with Gasteiger partial charge in [0.1, 0.15) is 5.82 Å². The zero-order valence-electron chi connectivity index (χ0n) is 14.8. The summed E-state index contributed by atoms with van der Waals surface area (Å²) in [7, 11) is 0. The molecule has 28 heavy (non-hydrogen) atoms. The number of halogens is 4. The largest absolute Gasteiger partial charge is 0.383 e. The standard InChI is InChI=1S/C20H18Cl3FN4/c21-15-9-14(5-6-18(15)24)27-7-8-28(19-4-2-1-3-13(19)10-25)20-16(22)11-26-12-17(20)23/h1-6,9,11-12,27H,7-8,10,25H2. The van der Waals surface area contributed by atoms with E-state index in [1.807, 2.05) is 29.2 Å². The summed E-state index contributed by atoms with van der Waals surface area (Å²) in [5.74, 6) is -0.457. The Balaban J connectivity index is 1.89. The highest BCUT2D eigenvalue weighted by atomic mass is 35.5. The molecule has 0 aliphatic heterocycles. The van der Waals surface area contributed by atoms with Crippen molar-refractivity contribution in [2.75, 3.05) is 23.3 Å². The van der Waals surface area contributed by atoms with Crippen molar-refractivity contribution in [2.24, 2.45) is 5.73 Å². The van der Waals surface area contributed by atoms with Gasteiger partial charge in [0, 0.05) is 43.4 Å². The Kier molecular flexibility index (Phi) is 6.97. The van der Waals surface area contributed by atoms with Crippen LogP contribution in [-0.2, 0) is 6.54 Å². The molecular formula is C20H18Cl3FN4. The molecule has 0 saturated carbocycles. The van der Waals surface area contributed by atoms with E-state index in [0.29, 0.717) is 41.1 Å². The minimum Gasteiger partial charge on any atom is -0.383 e. The van der Waals surface area contributed by atoms with Crippen molar-refractivity contribution in [2.45, 2.75) is 6.54 Å². The molecule has 0 spiro atoms. The van der Waals surface area contributed by atoms with Gasteiger partial charge in [-0.15, -0.1) is 0 Å². The van der Waals surface area contributed by atoms with Crippen LogP contribution in [0.3, 0.4) is 0 Å². The molecule has 2 aromatic carbocycles. The molecule has 3 aromatic rings. The van der Waals surface area contributed by atoms with Crippen LogP contribution in [0.4, 0.5) is 21.5 Å². The quantitative estimate of drug-likeness (QED) is 0.482. The molecule has 0 bridgehead atoms. The topological polar surface area (TPSA) is 54.2 Å². The summed E-state index contributed by atoms with van der Waals surface area (Å²) in [4.78, 5) is 6.02. The van der Waals surface area contributed by atoms with Gasteiger partial charge >= 0.3 is 0 Å². The van der Waals surface area contributed by atoms with Crippen molar-refractivity contribution in [1.82, 2.24) is 4.98 Å². The SMILES string of the molecule is NCc1ccccc1N(CCNc1ccc(F)c(Cl)c1)c1c(Cl)cncc1Cl. The van der Waals surface area contributed by atoms with Crippen molar-refractivity contribution in [1.29, 1.82) is 0 Å². The third-order valence-electron chi connectivity index (χ3n) is 4.18. The maximum absolute atomic E-state index is 13.3. The summed E-state index contributed by atoms with van der Waals surface area (Å²) in [6.07, 6.45) is 3.10. The highest BCUT2D eigenvalue weighted by molar-refractivity contribution is 6.39. The second-order valence-electron chi connectivity index (χ2n) is 5.99. The summed E-state index contributed by atoms with van der Waals surface area (Å²) >= 11 is 18.7. The van der Waals surface area contributed by atoms with E-state index in [1.54, 1.807) is 24.5 Å². The number of nitrogens with two attached hydrogens (primary N) is 1. The number of hydrogen-bond acceptors (Lipinski definition) is 4. The van der Waals surface area contributed by atoms with Gasteiger partial charge in [0.2, 0.25) is 0 Å². The summed E-state index contributed by atoms with van der Waals surface area (Å²) in [5.41, 5.74) is 9.14. The fourth-order valence-corrected chi connectivity index (χ4v) is 3.63. The molecule has 0 unspecified atom stereocenters. The number of benzene rings is 2. The zero-order valence-corrected chi connectivity index (χ0v) is 17.1. The Hall–Kier alpha value is -2.05. The van der Waals surface area contributed by atoms with Gasteiger partial charge in [0.15, 0.2) is 0 Å². The second kappa shape index (κ2) is 9.43. The van der Waals surface area contributed by atoms with Crippen LogP contribution in [0.15, 0.2) is 54.9 Å². The van der Waals surface area contributed by atoms with E-state index in [2.05, 4.69) is 10.3 Å². The van der Waals surface area contributed by atoms with Crippen molar-refractivity contribution in [3.8, 4) is 0 Å². The molecule has 1 heterocycles. The Labute approximate surface area is 178 Å². The average molecular weight is 440 g/mol. The summed E-state index contributed by atoms with van der Waals surface area (Å²) in [6.45, 7) is 1.42. The third kappa shape index (κ3) is 4.67. The lowest BCUT2D eigenvalue weighted by Gasteiger charge is -2.29. The number of para-hydroxylation sites is 1. The van der Waals surface area contributed by atoms with Crippen LogP contribution in [-0.4, -0.2) is 18.1 Å². The highest BCUT2D eigenvalue weighted by Crippen LogP contribution is 2.38. The van der Waals surface area contributed by atoms with Crippen LogP contribution in [0, 0.1) is 5.82 Å². The van der Waals surface area contributed by atoms with E-state index in [0.717, 1.165) is 11.3 Å². The minimum atomic E-state index is -0.457. The van der Waals surface area contributed by atoms with Crippen LogP contribution in [0.25, 0.3) is 0 Å². The van der Waals surface area contributed by atoms with Crippen LogP contribution >= 0.6 is 34.8 Å². The van der Waals surface area contributed by atoms with Gasteiger partial charge in [-0.1, -0.05) is 53.0 Å². The first-order valence-corrected chi connectivity index (χ1v) is 9.68. The Morgan fingerprint density at radius 1 is 1.00 bits per heavy atom. The van der Waals surface area contributed by atoms with Crippen molar-refractivity contribution >= 4 is 51.9 Å². The fraction of sp³-hybridized carbons (Fsp3) is 0.150. The Bertz CT molecular complexity index is 948. The van der Waals surface area contributed by atoms with Crippen LogP contribution < -0.4 is 16.0 Å². The molecule has 0 aliphatic rings. The average Bonchev–Trinajstić information content (AvgIpc) is 2.69. The van der Waals surface area contributed by atoms with Gasteiger partial charge < -0.3 is 16.0 Å². The molecule has 0 fully saturated rings. The lowest BCUT2D eigenvalue weighted by molar-refractivity contribution is 0.628. The number of rotatable bonds is 7. The molecule has 3 rings (SSSR count). The summed E-state index contributed by atoms with van der Waals surface area (Å²) in [5, 5.41) is 4.17. The molecule has 0 radical (unpaired) electrons. The Morgan fingerprint density at radius 2 is 1.71 bits per heavy atom. The predicted octanol–water partition coefficient (Wildman–Crippen LogP) is 5.89. The molecule has 146 valence electrons. The fourth-order valence-electron chi connectivity index (χ4n) is 2.88. The molecule has 0 saturated heterocycles. The van der Waals surface area contributed by atoms with Gasteiger partial charge in [0.05, 0.1) is 20.8 Å². The third-order valence-corrected chi connectivity index (χ3v) is 5.03. The first kappa shape index (κ1) is 20.7. The number of nitrogens with one attached hydrogen (secondary N) is 1. The molecular weight excluding hydrogens is 422 g/mol.